The van der Waals surface area contributed by atoms with E-state index in [2.05, 4.69) is 15.2 Å². The van der Waals surface area contributed by atoms with Crippen molar-refractivity contribution in [2.24, 2.45) is 0 Å². The summed E-state index contributed by atoms with van der Waals surface area (Å²) in [5, 5.41) is 7.23. The van der Waals surface area contributed by atoms with Crippen molar-refractivity contribution in [2.45, 2.75) is 13.3 Å². The number of aromatic nitrogens is 3. The van der Waals surface area contributed by atoms with Crippen molar-refractivity contribution in [3.05, 3.63) is 35.7 Å². The molecule has 2 heterocycles. The van der Waals surface area contributed by atoms with E-state index >= 15 is 0 Å². The number of rotatable bonds is 3. The highest BCUT2D eigenvalue weighted by molar-refractivity contribution is 6.18. The lowest BCUT2D eigenvalue weighted by Gasteiger charge is -2.00. The molecule has 0 bridgehead atoms. The zero-order chi connectivity index (χ0) is 10.7. The molecule has 0 atom stereocenters. The van der Waals surface area contributed by atoms with E-state index in [0.29, 0.717) is 5.88 Å². The second kappa shape index (κ2) is 4.45. The lowest BCUT2D eigenvalue weighted by Crippen LogP contribution is -1.92. The number of nitrogens with zero attached hydrogens (tertiary/aromatic N) is 2. The summed E-state index contributed by atoms with van der Waals surface area (Å²) in [6.07, 6.45) is 2.58. The van der Waals surface area contributed by atoms with Gasteiger partial charge >= 0.3 is 0 Å². The Bertz CT molecular complexity index is 436. The summed E-state index contributed by atoms with van der Waals surface area (Å²) in [6.45, 7) is 2.00. The molecule has 0 amide bonds. The molecule has 15 heavy (non-hydrogen) atoms. The molecule has 3 nitrogen and oxygen atoms in total. The summed E-state index contributed by atoms with van der Waals surface area (Å²) in [6, 6.07) is 5.80. The zero-order valence-corrected chi connectivity index (χ0v) is 9.25. The summed E-state index contributed by atoms with van der Waals surface area (Å²) < 4.78 is 0. The Morgan fingerprint density at radius 2 is 2.27 bits per heavy atom. The van der Waals surface area contributed by atoms with Gasteiger partial charge in [-0.05, 0) is 25.5 Å². The van der Waals surface area contributed by atoms with E-state index < -0.39 is 0 Å². The van der Waals surface area contributed by atoms with E-state index in [4.69, 9.17) is 11.6 Å². The number of pyridine rings is 1. The molecule has 2 rings (SSSR count). The molecule has 1 N–H and O–H groups in total. The number of halogens is 1. The van der Waals surface area contributed by atoms with E-state index in [1.807, 2.05) is 25.1 Å². The first-order valence-corrected chi connectivity index (χ1v) is 5.37. The summed E-state index contributed by atoms with van der Waals surface area (Å²) in [7, 11) is 0. The highest BCUT2D eigenvalue weighted by Gasteiger charge is 2.11. The molecule has 0 aliphatic rings. The third kappa shape index (κ3) is 2.02. The number of aryl methyl sites for hydroxylation is 1. The fourth-order valence-electron chi connectivity index (χ4n) is 1.57. The number of nitrogens with one attached hydrogen (secondary N) is 1. The van der Waals surface area contributed by atoms with Crippen molar-refractivity contribution in [2.75, 3.05) is 5.88 Å². The van der Waals surface area contributed by atoms with Gasteiger partial charge in [-0.1, -0.05) is 6.07 Å². The average Bonchev–Trinajstić information content (AvgIpc) is 2.63. The second-order valence-electron chi connectivity index (χ2n) is 3.33. The Hall–Kier alpha value is -1.35. The molecule has 0 aliphatic heterocycles. The lowest BCUT2D eigenvalue weighted by atomic mass is 10.1. The van der Waals surface area contributed by atoms with E-state index in [1.54, 1.807) is 6.20 Å². The van der Waals surface area contributed by atoms with Crippen LogP contribution < -0.4 is 0 Å². The zero-order valence-electron chi connectivity index (χ0n) is 8.50. The predicted molar refractivity (Wildman–Crippen MR) is 61.0 cm³/mol. The van der Waals surface area contributed by atoms with Crippen molar-refractivity contribution in [1.82, 2.24) is 15.2 Å². The molecule has 0 spiro atoms. The molecule has 0 radical (unpaired) electrons. The third-order valence-electron chi connectivity index (χ3n) is 2.33. The van der Waals surface area contributed by atoms with Crippen LogP contribution in [0.5, 0.6) is 0 Å². The molecule has 0 saturated heterocycles. The van der Waals surface area contributed by atoms with Gasteiger partial charge in [0.15, 0.2) is 0 Å². The number of aromatic amines is 1. The monoisotopic (exact) mass is 221 g/mol. The third-order valence-corrected chi connectivity index (χ3v) is 2.51. The minimum atomic E-state index is 0.597. The van der Waals surface area contributed by atoms with Gasteiger partial charge in [0, 0.05) is 23.3 Å². The van der Waals surface area contributed by atoms with Crippen LogP contribution in [-0.2, 0) is 6.42 Å². The first kappa shape index (κ1) is 10.2. The molecule has 0 fully saturated rings. The molecule has 2 aromatic rings. The SMILES string of the molecule is Cc1[nH]nc(-c2ccccn2)c1CCCl. The molecule has 0 aromatic carbocycles. The molecule has 0 saturated carbocycles. The fraction of sp³-hybridized carbons (Fsp3) is 0.273. The quantitative estimate of drug-likeness (QED) is 0.810. The summed E-state index contributed by atoms with van der Waals surface area (Å²) in [5.41, 5.74) is 4.02. The Morgan fingerprint density at radius 1 is 1.40 bits per heavy atom. The lowest BCUT2D eigenvalue weighted by molar-refractivity contribution is 1.04. The molecular weight excluding hydrogens is 210 g/mol. The number of hydrogen-bond acceptors (Lipinski definition) is 2. The second-order valence-corrected chi connectivity index (χ2v) is 3.71. The van der Waals surface area contributed by atoms with Gasteiger partial charge in [-0.2, -0.15) is 5.10 Å². The van der Waals surface area contributed by atoms with Gasteiger partial charge in [0.25, 0.3) is 0 Å². The molecule has 0 aliphatic carbocycles. The molecular formula is C11H12ClN3. The first-order valence-electron chi connectivity index (χ1n) is 4.84. The summed E-state index contributed by atoms with van der Waals surface area (Å²) >= 11 is 5.76. The predicted octanol–water partition coefficient (Wildman–Crippen LogP) is 2.56. The normalized spacial score (nSPS) is 10.5. The van der Waals surface area contributed by atoms with Crippen LogP contribution in [0.25, 0.3) is 11.4 Å². The van der Waals surface area contributed by atoms with Gasteiger partial charge in [0.05, 0.1) is 5.69 Å². The van der Waals surface area contributed by atoms with Crippen LogP contribution in [0.15, 0.2) is 24.4 Å². The molecule has 2 aromatic heterocycles. The van der Waals surface area contributed by atoms with Crippen LogP contribution in [-0.4, -0.2) is 21.1 Å². The van der Waals surface area contributed by atoms with Crippen LogP contribution in [0, 0.1) is 6.92 Å². The standard InChI is InChI=1S/C11H12ClN3/c1-8-9(5-6-12)11(15-14-8)10-4-2-3-7-13-10/h2-4,7H,5-6H2,1H3,(H,14,15). The summed E-state index contributed by atoms with van der Waals surface area (Å²) in [4.78, 5) is 4.28. The average molecular weight is 222 g/mol. The van der Waals surface area contributed by atoms with Gasteiger partial charge in [0.1, 0.15) is 5.69 Å². The maximum Gasteiger partial charge on any atom is 0.114 e. The van der Waals surface area contributed by atoms with Crippen molar-refractivity contribution >= 4 is 11.6 Å². The minimum Gasteiger partial charge on any atom is -0.282 e. The van der Waals surface area contributed by atoms with Gasteiger partial charge in [-0.3, -0.25) is 10.1 Å². The highest BCUT2D eigenvalue weighted by atomic mass is 35.5. The molecule has 0 unspecified atom stereocenters. The maximum absolute atomic E-state index is 5.76. The number of hydrogen-bond donors (Lipinski definition) is 1. The Balaban J connectivity index is 2.44. The van der Waals surface area contributed by atoms with E-state index in [1.165, 1.54) is 0 Å². The fourth-order valence-corrected chi connectivity index (χ4v) is 1.76. The number of alkyl halides is 1. The van der Waals surface area contributed by atoms with Crippen LogP contribution in [0.4, 0.5) is 0 Å². The maximum atomic E-state index is 5.76. The van der Waals surface area contributed by atoms with Crippen molar-refractivity contribution < 1.29 is 0 Å². The van der Waals surface area contributed by atoms with Crippen molar-refractivity contribution in [3.63, 3.8) is 0 Å². The minimum absolute atomic E-state index is 0.597. The molecule has 4 heteroatoms. The summed E-state index contributed by atoms with van der Waals surface area (Å²) in [5.74, 6) is 0.597. The first-order chi connectivity index (χ1) is 7.33. The van der Waals surface area contributed by atoms with Crippen LogP contribution in [0.3, 0.4) is 0 Å². The Kier molecular flexibility index (Phi) is 3.02. The number of H-pyrrole nitrogens is 1. The van der Waals surface area contributed by atoms with Gasteiger partial charge < -0.3 is 0 Å². The highest BCUT2D eigenvalue weighted by Crippen LogP contribution is 2.21. The Labute approximate surface area is 93.5 Å². The van der Waals surface area contributed by atoms with Crippen molar-refractivity contribution in [1.29, 1.82) is 0 Å². The van der Waals surface area contributed by atoms with Gasteiger partial charge in [-0.25, -0.2) is 0 Å². The van der Waals surface area contributed by atoms with Crippen LogP contribution >= 0.6 is 11.6 Å². The topological polar surface area (TPSA) is 41.6 Å². The van der Waals surface area contributed by atoms with Crippen LogP contribution in [0.1, 0.15) is 11.3 Å². The van der Waals surface area contributed by atoms with E-state index in [9.17, 15) is 0 Å². The van der Waals surface area contributed by atoms with Crippen molar-refractivity contribution in [3.8, 4) is 11.4 Å². The smallest absolute Gasteiger partial charge is 0.114 e. The van der Waals surface area contributed by atoms with Gasteiger partial charge in [-0.15, -0.1) is 11.6 Å². The van der Waals surface area contributed by atoms with E-state index in [0.717, 1.165) is 29.1 Å². The molecule has 78 valence electrons. The van der Waals surface area contributed by atoms with E-state index in [-0.39, 0.29) is 0 Å². The van der Waals surface area contributed by atoms with Crippen LogP contribution in [0.2, 0.25) is 0 Å². The van der Waals surface area contributed by atoms with Gasteiger partial charge in [0.2, 0.25) is 0 Å². The Morgan fingerprint density at radius 3 is 2.93 bits per heavy atom. The largest absolute Gasteiger partial charge is 0.282 e.